The number of fused-ring (bicyclic) bond motifs is 2. The number of morpholine rings is 1. The average molecular weight is 569 g/mol. The second kappa shape index (κ2) is 10.1. The van der Waals surface area contributed by atoms with Crippen LogP contribution in [0.1, 0.15) is 24.0 Å². The minimum Gasteiger partial charge on any atom is -0.479 e. The first-order valence-electron chi connectivity index (χ1n) is 12.9. The van der Waals surface area contributed by atoms with Crippen molar-refractivity contribution in [1.82, 2.24) is 9.97 Å². The number of halogens is 2. The number of amides is 1. The van der Waals surface area contributed by atoms with Gasteiger partial charge in [0.15, 0.2) is 0 Å². The van der Waals surface area contributed by atoms with E-state index < -0.39 is 45.3 Å². The van der Waals surface area contributed by atoms with E-state index in [0.717, 1.165) is 10.6 Å². The number of hydrogen-bond acceptors (Lipinski definition) is 10. The molecule has 2 fully saturated rings. The van der Waals surface area contributed by atoms with Crippen molar-refractivity contribution >= 4 is 34.5 Å². The Morgan fingerprint density at radius 3 is 2.39 bits per heavy atom. The summed E-state index contributed by atoms with van der Waals surface area (Å²) in [6.07, 6.45) is 2.45. The van der Waals surface area contributed by atoms with Crippen LogP contribution < -0.4 is 24.6 Å². The van der Waals surface area contributed by atoms with E-state index >= 15 is 8.78 Å². The predicted molar refractivity (Wildman–Crippen MR) is 143 cm³/mol. The van der Waals surface area contributed by atoms with E-state index in [1.165, 1.54) is 26.5 Å². The zero-order valence-electron chi connectivity index (χ0n) is 22.3. The van der Waals surface area contributed by atoms with Crippen molar-refractivity contribution < 1.29 is 32.7 Å². The number of ether oxygens (including phenoxy) is 3. The van der Waals surface area contributed by atoms with E-state index in [0.29, 0.717) is 56.1 Å². The van der Waals surface area contributed by atoms with Crippen molar-refractivity contribution in [3.8, 4) is 11.8 Å². The largest absolute Gasteiger partial charge is 0.479 e. The van der Waals surface area contributed by atoms with Crippen molar-refractivity contribution in [2.45, 2.75) is 24.8 Å². The van der Waals surface area contributed by atoms with Gasteiger partial charge in [0.1, 0.15) is 17.2 Å². The Hall–Kier alpha value is -4.59. The maximum Gasteiger partial charge on any atom is 0.292 e. The first-order chi connectivity index (χ1) is 19.8. The summed E-state index contributed by atoms with van der Waals surface area (Å²) in [4.78, 5) is 36.3. The summed E-state index contributed by atoms with van der Waals surface area (Å²) >= 11 is 0. The molecule has 3 aromatic rings. The van der Waals surface area contributed by atoms with Crippen molar-refractivity contribution in [3.05, 3.63) is 63.3 Å². The number of nitrogens with zero attached hydrogens (tertiary/aromatic N) is 5. The number of nitrogens with one attached hydrogen (secondary N) is 1. The number of nitro benzene ring substituents is 1. The molecule has 1 aliphatic carbocycles. The lowest BCUT2D eigenvalue weighted by Crippen LogP contribution is -2.45. The second-order valence-electron chi connectivity index (χ2n) is 9.99. The van der Waals surface area contributed by atoms with Crippen molar-refractivity contribution in [3.63, 3.8) is 0 Å². The number of aromatic nitrogens is 2. The Morgan fingerprint density at radius 2 is 1.78 bits per heavy atom. The fourth-order valence-corrected chi connectivity index (χ4v) is 5.46. The third kappa shape index (κ3) is 4.43. The number of carbonyl (C=O) groups excluding carboxylic acids is 1. The van der Waals surface area contributed by atoms with Crippen LogP contribution in [0.5, 0.6) is 11.8 Å². The van der Waals surface area contributed by atoms with E-state index in [2.05, 4.69) is 20.2 Å². The van der Waals surface area contributed by atoms with Crippen LogP contribution in [-0.2, 0) is 21.5 Å². The molecule has 214 valence electrons. The zero-order chi connectivity index (χ0) is 28.9. The van der Waals surface area contributed by atoms with E-state index in [-0.39, 0.29) is 17.9 Å². The number of anilines is 4. The van der Waals surface area contributed by atoms with Gasteiger partial charge in [0.2, 0.25) is 17.5 Å². The Morgan fingerprint density at radius 1 is 1.10 bits per heavy atom. The summed E-state index contributed by atoms with van der Waals surface area (Å²) in [6.45, 7) is 2.29. The summed E-state index contributed by atoms with van der Waals surface area (Å²) in [5, 5.41) is 14.8. The van der Waals surface area contributed by atoms with Crippen LogP contribution in [0.15, 0.2) is 30.5 Å². The molecule has 4 heterocycles. The van der Waals surface area contributed by atoms with Gasteiger partial charge in [-0.2, -0.15) is 13.8 Å². The van der Waals surface area contributed by atoms with Crippen LogP contribution in [0, 0.1) is 21.7 Å². The van der Waals surface area contributed by atoms with Gasteiger partial charge in [0.25, 0.3) is 17.4 Å². The third-order valence-electron chi connectivity index (χ3n) is 7.70. The number of nitro groups is 1. The van der Waals surface area contributed by atoms with Crippen LogP contribution >= 0.6 is 0 Å². The van der Waals surface area contributed by atoms with Crippen LogP contribution in [0.25, 0.3) is 0 Å². The Balaban J connectivity index is 1.36. The van der Waals surface area contributed by atoms with Crippen molar-refractivity contribution in [2.24, 2.45) is 0 Å². The molecule has 12 nitrogen and oxygen atoms in total. The van der Waals surface area contributed by atoms with Gasteiger partial charge in [-0.3, -0.25) is 14.9 Å². The number of methoxy groups -OCH3 is 2. The Kier molecular flexibility index (Phi) is 6.56. The highest BCUT2D eigenvalue weighted by Crippen LogP contribution is 2.55. The normalized spacial score (nSPS) is 17.3. The highest BCUT2D eigenvalue weighted by molar-refractivity contribution is 6.05. The highest BCUT2D eigenvalue weighted by Gasteiger charge is 2.57. The van der Waals surface area contributed by atoms with E-state index in [1.54, 1.807) is 18.2 Å². The summed E-state index contributed by atoms with van der Waals surface area (Å²) < 4.78 is 45.8. The Bertz CT molecular complexity index is 1530. The van der Waals surface area contributed by atoms with Gasteiger partial charge in [-0.05, 0) is 42.2 Å². The first-order valence-corrected chi connectivity index (χ1v) is 12.9. The summed E-state index contributed by atoms with van der Waals surface area (Å²) in [7, 11) is 2.36. The van der Waals surface area contributed by atoms with Gasteiger partial charge >= 0.3 is 0 Å². The molecule has 0 unspecified atom stereocenters. The minimum absolute atomic E-state index is 0.128. The fourth-order valence-electron chi connectivity index (χ4n) is 5.46. The molecule has 1 saturated carbocycles. The first kappa shape index (κ1) is 26.6. The monoisotopic (exact) mass is 568 g/mol. The quantitative estimate of drug-likeness (QED) is 0.331. The zero-order valence-corrected chi connectivity index (χ0v) is 22.3. The maximum absolute atomic E-state index is 15.3. The maximum atomic E-state index is 15.3. The molecule has 2 aromatic heterocycles. The number of pyridine rings is 2. The van der Waals surface area contributed by atoms with Crippen LogP contribution in [0.2, 0.25) is 0 Å². The highest BCUT2D eigenvalue weighted by atomic mass is 19.1. The summed E-state index contributed by atoms with van der Waals surface area (Å²) in [6, 6.07) is 6.52. The van der Waals surface area contributed by atoms with Gasteiger partial charge in [0.05, 0.1) is 44.3 Å². The summed E-state index contributed by atoms with van der Waals surface area (Å²) in [5.74, 6) is -3.39. The van der Waals surface area contributed by atoms with E-state index in [1.807, 2.05) is 0 Å². The second-order valence-corrected chi connectivity index (χ2v) is 9.99. The predicted octanol–water partition coefficient (Wildman–Crippen LogP) is 3.84. The summed E-state index contributed by atoms with van der Waals surface area (Å²) in [5.41, 5.74) is 0.577. The standard InChI is InChI=1S/C27H26F2N6O6/c1-39-24-21(28)23(22(29)25(32-24)40-2)34-14-15-13-30-20(12-17(15)27(5-6-27)26(34)36)31-18-11-16(3-4-19(18)35(37)38)33-7-9-41-10-8-33/h3-4,11-13H,5-10,14H2,1-2H3,(H,30,31). The van der Waals surface area contributed by atoms with Crippen LogP contribution in [-0.4, -0.2) is 61.3 Å². The third-order valence-corrected chi connectivity index (χ3v) is 7.70. The molecule has 0 radical (unpaired) electrons. The molecule has 1 spiro atoms. The topological polar surface area (TPSA) is 132 Å². The lowest BCUT2D eigenvalue weighted by atomic mass is 9.86. The average Bonchev–Trinajstić information content (AvgIpc) is 3.78. The lowest BCUT2D eigenvalue weighted by molar-refractivity contribution is -0.383. The van der Waals surface area contributed by atoms with Gasteiger partial charge in [-0.15, -0.1) is 0 Å². The molecule has 0 bridgehead atoms. The molecular formula is C27H26F2N6O6. The fraction of sp³-hybridized carbons (Fsp3) is 0.370. The van der Waals surface area contributed by atoms with Crippen molar-refractivity contribution in [2.75, 3.05) is 55.6 Å². The van der Waals surface area contributed by atoms with Crippen LogP contribution in [0.4, 0.5) is 37.3 Å². The molecule has 3 aliphatic rings. The van der Waals surface area contributed by atoms with Gasteiger partial charge < -0.3 is 29.3 Å². The smallest absolute Gasteiger partial charge is 0.292 e. The molecule has 6 rings (SSSR count). The van der Waals surface area contributed by atoms with Gasteiger partial charge in [-0.1, -0.05) is 0 Å². The molecule has 1 amide bonds. The van der Waals surface area contributed by atoms with E-state index in [4.69, 9.17) is 14.2 Å². The van der Waals surface area contributed by atoms with Crippen molar-refractivity contribution in [1.29, 1.82) is 0 Å². The molecule has 1 aromatic carbocycles. The molecule has 1 N–H and O–H groups in total. The molecule has 14 heteroatoms. The number of rotatable bonds is 7. The SMILES string of the molecule is COc1nc(OC)c(F)c(N2Cc3cnc(Nc4cc(N5CCOCC5)ccc4[N+](=O)[O-])cc3C3(CC3)C2=O)c1F. The molecule has 2 aliphatic heterocycles. The number of benzene rings is 1. The Labute approximate surface area is 233 Å². The van der Waals surface area contributed by atoms with E-state index in [9.17, 15) is 14.9 Å². The minimum atomic E-state index is -1.11. The molecule has 41 heavy (non-hydrogen) atoms. The molecule has 0 atom stereocenters. The van der Waals surface area contributed by atoms with Gasteiger partial charge in [-0.25, -0.2) is 4.98 Å². The lowest BCUT2D eigenvalue weighted by Gasteiger charge is -2.35. The molecular weight excluding hydrogens is 542 g/mol. The number of carbonyl (C=O) groups is 1. The number of hydrogen-bond donors (Lipinski definition) is 1. The molecule has 1 saturated heterocycles. The van der Waals surface area contributed by atoms with Crippen LogP contribution in [0.3, 0.4) is 0 Å². The van der Waals surface area contributed by atoms with Gasteiger partial charge in [0, 0.05) is 31.0 Å².